The molecule has 88 heavy (non-hydrogen) atoms. The highest BCUT2D eigenvalue weighted by molar-refractivity contribution is 7.47. The van der Waals surface area contributed by atoms with E-state index in [4.69, 9.17) is 37.0 Å². The number of aliphatic hydroxyl groups is 1. The van der Waals surface area contributed by atoms with Crippen LogP contribution in [-0.2, 0) is 65.4 Å². The maximum absolute atomic E-state index is 13.0. The summed E-state index contributed by atoms with van der Waals surface area (Å²) in [5, 5.41) is 10.6. The van der Waals surface area contributed by atoms with Crippen molar-refractivity contribution in [1.29, 1.82) is 0 Å². The molecule has 5 atom stereocenters. The third-order valence-corrected chi connectivity index (χ3v) is 17.9. The van der Waals surface area contributed by atoms with Crippen molar-refractivity contribution >= 4 is 39.5 Å². The Morgan fingerprint density at radius 2 is 0.523 bits per heavy atom. The average molecular weight is 1300 g/mol. The lowest BCUT2D eigenvalue weighted by molar-refractivity contribution is -0.161. The maximum Gasteiger partial charge on any atom is 0.472 e. The summed E-state index contributed by atoms with van der Waals surface area (Å²) in [7, 11) is -9.89. The van der Waals surface area contributed by atoms with Crippen molar-refractivity contribution in [3.8, 4) is 0 Å². The third-order valence-electron chi connectivity index (χ3n) is 16.0. The van der Waals surface area contributed by atoms with Gasteiger partial charge in [0.25, 0.3) is 0 Å². The van der Waals surface area contributed by atoms with E-state index in [1.807, 2.05) is 0 Å². The van der Waals surface area contributed by atoms with Crippen molar-refractivity contribution in [2.45, 2.75) is 368 Å². The molecule has 19 heteroatoms. The van der Waals surface area contributed by atoms with Crippen molar-refractivity contribution in [3.63, 3.8) is 0 Å². The monoisotopic (exact) mass is 1300 g/mol. The minimum Gasteiger partial charge on any atom is -0.462 e. The highest BCUT2D eigenvalue weighted by Gasteiger charge is 2.30. The second kappa shape index (κ2) is 61.3. The SMILES string of the molecule is CCCCCCCCCCCCC(=O)O[C@H](COC(=O)CCCCCCCCCC)COP(=O)(O)OC[C@H](O)COP(=O)(O)OC[C@@H](COC(=O)CCCCCCCCCCCCCC(C)C)OC(=O)CCCCCCCCCCCCCCCC(C)C. The van der Waals surface area contributed by atoms with Crippen molar-refractivity contribution in [2.75, 3.05) is 39.6 Å². The number of phosphoric acid groups is 2. The highest BCUT2D eigenvalue weighted by Crippen LogP contribution is 2.45. The van der Waals surface area contributed by atoms with Gasteiger partial charge >= 0.3 is 39.5 Å². The van der Waals surface area contributed by atoms with Crippen molar-refractivity contribution in [2.24, 2.45) is 11.8 Å². The number of carbonyl (C=O) groups excluding carboxylic acids is 4. The van der Waals surface area contributed by atoms with E-state index in [9.17, 15) is 43.2 Å². The minimum atomic E-state index is -4.95. The fourth-order valence-corrected chi connectivity index (χ4v) is 12.0. The van der Waals surface area contributed by atoms with E-state index in [1.54, 1.807) is 0 Å². The van der Waals surface area contributed by atoms with Gasteiger partial charge in [0.05, 0.1) is 26.4 Å². The molecule has 0 bridgehead atoms. The van der Waals surface area contributed by atoms with E-state index >= 15 is 0 Å². The second-order valence-electron chi connectivity index (χ2n) is 25.9. The van der Waals surface area contributed by atoms with E-state index in [2.05, 4.69) is 41.5 Å². The number of unbranched alkanes of at least 4 members (excludes halogenated alkanes) is 38. The molecule has 0 fully saturated rings. The maximum atomic E-state index is 13.0. The number of hydrogen-bond donors (Lipinski definition) is 3. The summed E-state index contributed by atoms with van der Waals surface area (Å²) < 4.78 is 68.2. The third kappa shape index (κ3) is 62.8. The predicted octanol–water partition coefficient (Wildman–Crippen LogP) is 19.6. The van der Waals surface area contributed by atoms with Gasteiger partial charge in [0.1, 0.15) is 19.3 Å². The number of aliphatic hydroxyl groups excluding tert-OH is 1. The van der Waals surface area contributed by atoms with Crippen LogP contribution in [-0.4, -0.2) is 96.7 Å². The second-order valence-corrected chi connectivity index (χ2v) is 28.8. The molecule has 0 heterocycles. The van der Waals surface area contributed by atoms with E-state index < -0.39 is 97.5 Å². The lowest BCUT2D eigenvalue weighted by Gasteiger charge is -2.21. The standard InChI is InChI=1S/C69H134O17P2/c1-7-9-11-13-15-17-28-35-41-47-53-68(73)85-64(57-79-66(71)51-45-39-33-16-14-12-10-8-2)59-83-87(75,76)81-55-63(70)56-82-88(77,78)84-60-65(58-80-67(72)52-46-40-34-29-25-21-23-27-32-38-44-50-62(5)6)86-69(74)54-48-42-36-30-24-20-18-19-22-26-31-37-43-49-61(3)4/h61-65,70H,7-60H2,1-6H3,(H,75,76)(H,77,78)/t63-,64+,65+/m0/s1. The zero-order valence-corrected chi connectivity index (χ0v) is 58.8. The van der Waals surface area contributed by atoms with Gasteiger partial charge in [-0.25, -0.2) is 9.13 Å². The molecule has 0 amide bonds. The van der Waals surface area contributed by atoms with Crippen LogP contribution in [0.3, 0.4) is 0 Å². The summed E-state index contributed by atoms with van der Waals surface area (Å²) in [5.41, 5.74) is 0. The van der Waals surface area contributed by atoms with Gasteiger partial charge < -0.3 is 33.8 Å². The van der Waals surface area contributed by atoms with E-state index in [1.165, 1.54) is 161 Å². The van der Waals surface area contributed by atoms with Gasteiger partial charge in [0.2, 0.25) is 0 Å². The lowest BCUT2D eigenvalue weighted by Crippen LogP contribution is -2.30. The lowest BCUT2D eigenvalue weighted by atomic mass is 10.0. The first-order valence-electron chi connectivity index (χ1n) is 36.0. The van der Waals surface area contributed by atoms with Crippen LogP contribution < -0.4 is 0 Å². The van der Waals surface area contributed by atoms with Gasteiger partial charge in [-0.15, -0.1) is 0 Å². The molecular formula is C69H134O17P2. The number of esters is 4. The van der Waals surface area contributed by atoms with E-state index in [0.717, 1.165) is 108 Å². The van der Waals surface area contributed by atoms with E-state index in [0.29, 0.717) is 25.7 Å². The molecule has 0 aliphatic rings. The molecule has 0 radical (unpaired) electrons. The van der Waals surface area contributed by atoms with Crippen LogP contribution in [0.5, 0.6) is 0 Å². The molecule has 0 aromatic heterocycles. The van der Waals surface area contributed by atoms with Crippen molar-refractivity contribution in [3.05, 3.63) is 0 Å². The molecular weight excluding hydrogens is 1160 g/mol. The Labute approximate surface area is 537 Å². The van der Waals surface area contributed by atoms with Gasteiger partial charge in [0.15, 0.2) is 12.2 Å². The van der Waals surface area contributed by atoms with Gasteiger partial charge in [-0.1, -0.05) is 298 Å². The minimum absolute atomic E-state index is 0.106. The summed E-state index contributed by atoms with van der Waals surface area (Å²) in [5.74, 6) is -0.570. The van der Waals surface area contributed by atoms with Crippen molar-refractivity contribution in [1.82, 2.24) is 0 Å². The quantitative estimate of drug-likeness (QED) is 0.0222. The van der Waals surface area contributed by atoms with Gasteiger partial charge in [0, 0.05) is 25.7 Å². The van der Waals surface area contributed by atoms with Crippen LogP contribution in [0, 0.1) is 11.8 Å². The first-order valence-corrected chi connectivity index (χ1v) is 39.0. The van der Waals surface area contributed by atoms with Crippen LogP contribution in [0.15, 0.2) is 0 Å². The number of phosphoric ester groups is 2. The summed E-state index contributed by atoms with van der Waals surface area (Å²) >= 11 is 0. The van der Waals surface area contributed by atoms with Crippen LogP contribution in [0.25, 0.3) is 0 Å². The Balaban J connectivity index is 5.22. The topological polar surface area (TPSA) is 237 Å². The average Bonchev–Trinajstić information content (AvgIpc) is 3.61. The Kier molecular flexibility index (Phi) is 59.9. The number of hydrogen-bond acceptors (Lipinski definition) is 15. The van der Waals surface area contributed by atoms with Gasteiger partial charge in [-0.2, -0.15) is 0 Å². The Bertz CT molecular complexity index is 1720. The van der Waals surface area contributed by atoms with Gasteiger partial charge in [-0.05, 0) is 37.5 Å². The zero-order valence-electron chi connectivity index (χ0n) is 57.0. The van der Waals surface area contributed by atoms with Crippen LogP contribution in [0.1, 0.15) is 350 Å². The smallest absolute Gasteiger partial charge is 0.462 e. The van der Waals surface area contributed by atoms with Gasteiger partial charge in [-0.3, -0.25) is 37.3 Å². The fourth-order valence-electron chi connectivity index (χ4n) is 10.4. The first kappa shape index (κ1) is 86.1. The zero-order chi connectivity index (χ0) is 65.0. The molecule has 0 aromatic carbocycles. The van der Waals surface area contributed by atoms with E-state index in [-0.39, 0.29) is 25.7 Å². The Hall–Kier alpha value is -1.94. The highest BCUT2D eigenvalue weighted by atomic mass is 31.2. The molecule has 0 rings (SSSR count). The fraction of sp³-hybridized carbons (Fsp3) is 0.942. The Morgan fingerprint density at radius 1 is 0.307 bits per heavy atom. The summed E-state index contributed by atoms with van der Waals surface area (Å²) in [4.78, 5) is 72.4. The number of carbonyl (C=O) groups is 4. The molecule has 0 aromatic rings. The number of rotatable bonds is 68. The molecule has 0 saturated carbocycles. The number of ether oxygens (including phenoxy) is 4. The molecule has 17 nitrogen and oxygen atoms in total. The first-order chi connectivity index (χ1) is 42.4. The molecule has 0 aliphatic carbocycles. The largest absolute Gasteiger partial charge is 0.472 e. The Morgan fingerprint density at radius 3 is 0.773 bits per heavy atom. The normalized spacial score (nSPS) is 14.2. The molecule has 0 aliphatic heterocycles. The predicted molar refractivity (Wildman–Crippen MR) is 354 cm³/mol. The molecule has 3 N–H and O–H groups in total. The summed E-state index contributed by atoms with van der Waals surface area (Å²) in [6, 6.07) is 0. The van der Waals surface area contributed by atoms with Crippen LogP contribution in [0.4, 0.5) is 0 Å². The molecule has 2 unspecified atom stereocenters. The molecule has 0 saturated heterocycles. The molecule has 522 valence electrons. The summed E-state index contributed by atoms with van der Waals surface area (Å²) in [6.45, 7) is 9.53. The summed E-state index contributed by atoms with van der Waals surface area (Å²) in [6.07, 6.45) is 45.8. The van der Waals surface area contributed by atoms with Crippen LogP contribution in [0.2, 0.25) is 0 Å². The van der Waals surface area contributed by atoms with Crippen LogP contribution >= 0.6 is 15.6 Å². The van der Waals surface area contributed by atoms with Crippen molar-refractivity contribution < 1.29 is 80.2 Å². The molecule has 0 spiro atoms.